The van der Waals surface area contributed by atoms with Gasteiger partial charge in [-0.1, -0.05) is 27.2 Å². The summed E-state index contributed by atoms with van der Waals surface area (Å²) < 4.78 is 27.7. The molecule has 0 saturated carbocycles. The lowest BCUT2D eigenvalue weighted by Gasteiger charge is -2.15. The van der Waals surface area contributed by atoms with Gasteiger partial charge in [0.1, 0.15) is 18.3 Å². The van der Waals surface area contributed by atoms with Crippen LogP contribution in [-0.4, -0.2) is 32.5 Å². The van der Waals surface area contributed by atoms with Crippen molar-refractivity contribution in [2.45, 2.75) is 46.5 Å². The third kappa shape index (κ3) is 8.94. The molecule has 0 atom stereocenters. The molecular formula is C12H25O4S2+. The Kier molecular flexibility index (Phi) is 7.47. The van der Waals surface area contributed by atoms with Crippen LogP contribution in [0.25, 0.3) is 0 Å². The molecule has 0 saturated heterocycles. The van der Waals surface area contributed by atoms with Crippen LogP contribution < -0.4 is 0 Å². The van der Waals surface area contributed by atoms with E-state index in [0.717, 1.165) is 12.8 Å². The molecule has 6 heteroatoms. The molecule has 0 fully saturated rings. The van der Waals surface area contributed by atoms with E-state index in [0.29, 0.717) is 12.8 Å². The lowest BCUT2D eigenvalue weighted by atomic mass is 9.88. The largest absolute Gasteiger partial charge is 0.311 e. The fourth-order valence-electron chi connectivity index (χ4n) is 1.36. The van der Waals surface area contributed by atoms with Crippen LogP contribution in [0.3, 0.4) is 0 Å². The number of unbranched alkanes of at least 4 members (excludes halogenated alkanes) is 2. The van der Waals surface area contributed by atoms with Gasteiger partial charge >= 0.3 is 10.1 Å². The van der Waals surface area contributed by atoms with Gasteiger partial charge in [0.05, 0.1) is 5.75 Å². The molecular weight excluding hydrogens is 272 g/mol. The zero-order chi connectivity index (χ0) is 14.4. The summed E-state index contributed by atoms with van der Waals surface area (Å²) in [5.41, 5.74) is -0.298. The summed E-state index contributed by atoms with van der Waals surface area (Å²) in [5.74, 6) is 0.271. The maximum absolute atomic E-state index is 11.6. The normalized spacial score (nSPS) is 13.0. The molecule has 4 nitrogen and oxygen atoms in total. The zero-order valence-electron chi connectivity index (χ0n) is 12.0. The van der Waals surface area contributed by atoms with Crippen molar-refractivity contribution in [1.29, 1.82) is 0 Å². The van der Waals surface area contributed by atoms with Crippen LogP contribution in [0, 0.1) is 5.41 Å². The molecule has 108 valence electrons. The fraction of sp³-hybridized carbons (Fsp3) is 0.917. The van der Waals surface area contributed by atoms with Crippen molar-refractivity contribution in [3.63, 3.8) is 0 Å². The van der Waals surface area contributed by atoms with Crippen LogP contribution >= 0.6 is 0 Å². The first-order valence-electron chi connectivity index (χ1n) is 6.08. The highest BCUT2D eigenvalue weighted by Gasteiger charge is 2.21. The molecule has 0 aliphatic heterocycles. The second kappa shape index (κ2) is 7.50. The second-order valence-corrected chi connectivity index (χ2v) is 9.11. The summed E-state index contributed by atoms with van der Waals surface area (Å²) in [4.78, 5) is 11.6. The van der Waals surface area contributed by atoms with E-state index < -0.39 is 21.3 Å². The van der Waals surface area contributed by atoms with Crippen molar-refractivity contribution in [3.05, 3.63) is 0 Å². The Bertz CT molecular complexity index is 353. The van der Waals surface area contributed by atoms with Crippen LogP contribution in [0.4, 0.5) is 0 Å². The molecule has 18 heavy (non-hydrogen) atoms. The van der Waals surface area contributed by atoms with E-state index >= 15 is 0 Å². The molecule has 0 radical (unpaired) electrons. The number of hydrogen-bond donors (Lipinski definition) is 0. The Labute approximate surface area is 114 Å². The van der Waals surface area contributed by atoms with Crippen LogP contribution in [0.15, 0.2) is 0 Å². The molecule has 0 N–H and O–H groups in total. The number of carbonyl (C=O) groups excluding carboxylic acids is 1. The van der Waals surface area contributed by atoms with Gasteiger partial charge in [0, 0.05) is 11.8 Å². The van der Waals surface area contributed by atoms with Crippen LogP contribution in [-0.2, 0) is 29.7 Å². The van der Waals surface area contributed by atoms with E-state index in [4.69, 9.17) is 3.63 Å². The van der Waals surface area contributed by atoms with Crippen LogP contribution in [0.1, 0.15) is 46.5 Å². The van der Waals surface area contributed by atoms with Gasteiger partial charge < -0.3 is 0 Å². The smallest absolute Gasteiger partial charge is 0.299 e. The number of ketones is 1. The Morgan fingerprint density at radius 3 is 2.11 bits per heavy atom. The minimum Gasteiger partial charge on any atom is -0.299 e. The minimum absolute atomic E-state index is 0.0435. The SMILES string of the molecule is C[S+](C)OS(=O)(=O)CCCCCC(=O)C(C)(C)C. The second-order valence-electron chi connectivity index (χ2n) is 5.56. The van der Waals surface area contributed by atoms with Gasteiger partial charge in [-0.3, -0.25) is 4.79 Å². The summed E-state index contributed by atoms with van der Waals surface area (Å²) in [6.45, 7) is 5.70. The molecule has 0 amide bonds. The minimum atomic E-state index is -3.38. The fourth-order valence-corrected chi connectivity index (χ4v) is 3.85. The topological polar surface area (TPSA) is 60.4 Å². The number of carbonyl (C=O) groups is 1. The number of hydrogen-bond acceptors (Lipinski definition) is 4. The Morgan fingerprint density at radius 1 is 1.11 bits per heavy atom. The van der Waals surface area contributed by atoms with E-state index in [9.17, 15) is 13.2 Å². The monoisotopic (exact) mass is 297 g/mol. The molecule has 0 aromatic carbocycles. The molecule has 0 aliphatic rings. The summed E-state index contributed by atoms with van der Waals surface area (Å²) in [6.07, 6.45) is 6.01. The van der Waals surface area contributed by atoms with E-state index in [1.54, 1.807) is 12.5 Å². The van der Waals surface area contributed by atoms with Crippen molar-refractivity contribution in [2.24, 2.45) is 5.41 Å². The van der Waals surface area contributed by atoms with Crippen molar-refractivity contribution >= 4 is 27.1 Å². The Balaban J connectivity index is 3.79. The number of rotatable bonds is 8. The third-order valence-corrected chi connectivity index (χ3v) is 5.08. The lowest BCUT2D eigenvalue weighted by molar-refractivity contribution is -0.126. The molecule has 0 bridgehead atoms. The molecule has 0 rings (SSSR count). The van der Waals surface area contributed by atoms with Crippen LogP contribution in [0.2, 0.25) is 0 Å². The van der Waals surface area contributed by atoms with Gasteiger partial charge in [-0.25, -0.2) is 0 Å². The molecule has 0 unspecified atom stereocenters. The van der Waals surface area contributed by atoms with E-state index in [-0.39, 0.29) is 17.0 Å². The lowest BCUT2D eigenvalue weighted by Crippen LogP contribution is -2.19. The van der Waals surface area contributed by atoms with Gasteiger partial charge in [-0.15, -0.1) is 0 Å². The van der Waals surface area contributed by atoms with Crippen molar-refractivity contribution in [1.82, 2.24) is 0 Å². The number of Topliss-reactive ketones (excluding diaryl/α,β-unsaturated/α-hetero) is 1. The average Bonchev–Trinajstić information content (AvgIpc) is 2.12. The maximum Gasteiger partial charge on any atom is 0.311 e. The first-order valence-corrected chi connectivity index (χ1v) is 9.62. The predicted octanol–water partition coefficient (Wildman–Crippen LogP) is 2.30. The average molecular weight is 297 g/mol. The Hall–Kier alpha value is -0.0700. The molecule has 0 aromatic rings. The molecule has 0 spiro atoms. The van der Waals surface area contributed by atoms with Crippen molar-refractivity contribution in [3.8, 4) is 0 Å². The summed E-state index contributed by atoms with van der Waals surface area (Å²) in [7, 11) is -3.38. The quantitative estimate of drug-likeness (QED) is 0.509. The highest BCUT2D eigenvalue weighted by atomic mass is 32.3. The van der Waals surface area contributed by atoms with Gasteiger partial charge in [0.15, 0.2) is 11.2 Å². The zero-order valence-corrected chi connectivity index (χ0v) is 13.6. The van der Waals surface area contributed by atoms with Crippen LogP contribution in [0.5, 0.6) is 0 Å². The Morgan fingerprint density at radius 2 is 1.67 bits per heavy atom. The standard InChI is InChI=1S/C12H25O4S2/c1-12(2,3)11(13)9-7-6-8-10-18(14,15)16-17(4)5/h6-10H2,1-5H3/q+1. The van der Waals surface area contributed by atoms with Gasteiger partial charge in [0.25, 0.3) is 0 Å². The maximum atomic E-state index is 11.6. The van der Waals surface area contributed by atoms with E-state index in [1.165, 1.54) is 0 Å². The van der Waals surface area contributed by atoms with Gasteiger partial charge in [0.2, 0.25) is 0 Å². The van der Waals surface area contributed by atoms with E-state index in [2.05, 4.69) is 0 Å². The first kappa shape index (κ1) is 17.9. The third-order valence-electron chi connectivity index (χ3n) is 2.37. The molecule has 0 aliphatic carbocycles. The predicted molar refractivity (Wildman–Crippen MR) is 77.0 cm³/mol. The summed E-state index contributed by atoms with van der Waals surface area (Å²) >= 11 is -0.553. The molecule has 0 heterocycles. The van der Waals surface area contributed by atoms with Crippen molar-refractivity contribution < 1.29 is 16.8 Å². The van der Waals surface area contributed by atoms with E-state index in [1.807, 2.05) is 20.8 Å². The van der Waals surface area contributed by atoms with Crippen molar-refractivity contribution in [2.75, 3.05) is 18.3 Å². The summed E-state index contributed by atoms with van der Waals surface area (Å²) in [6, 6.07) is 0. The molecule has 0 aromatic heterocycles. The summed E-state index contributed by atoms with van der Waals surface area (Å²) in [5, 5.41) is 0. The first-order chi connectivity index (χ1) is 8.04. The highest BCUT2D eigenvalue weighted by Crippen LogP contribution is 2.18. The highest BCUT2D eigenvalue weighted by molar-refractivity contribution is 8.02. The van der Waals surface area contributed by atoms with Gasteiger partial charge in [-0.05, 0) is 16.5 Å². The van der Waals surface area contributed by atoms with Gasteiger partial charge in [-0.2, -0.15) is 8.42 Å².